The van der Waals surface area contributed by atoms with Crippen LogP contribution in [0.5, 0.6) is 0 Å². The first kappa shape index (κ1) is 21.6. The number of piperazine rings is 1. The molecule has 0 spiro atoms. The van der Waals surface area contributed by atoms with Gasteiger partial charge in [0.05, 0.1) is 35.2 Å². The molecule has 0 aliphatic carbocycles. The molecule has 0 amide bonds. The van der Waals surface area contributed by atoms with Gasteiger partial charge in [0.2, 0.25) is 10.0 Å². The first-order valence-corrected chi connectivity index (χ1v) is 13.2. The van der Waals surface area contributed by atoms with Crippen molar-refractivity contribution in [3.05, 3.63) is 29.7 Å². The van der Waals surface area contributed by atoms with Crippen LogP contribution in [0, 0.1) is 0 Å². The second-order valence-electron chi connectivity index (χ2n) is 7.96. The molecule has 2 saturated heterocycles. The summed E-state index contributed by atoms with van der Waals surface area (Å²) in [4.78, 5) is 23.7. The van der Waals surface area contributed by atoms with Gasteiger partial charge in [-0.25, -0.2) is 28.4 Å². The number of fused-ring (bicyclic) bond motifs is 1. The predicted octanol–water partition coefficient (Wildman–Crippen LogP) is 1.06. The second-order valence-corrected chi connectivity index (χ2v) is 11.1. The third-order valence-corrected chi connectivity index (χ3v) is 8.12. The van der Waals surface area contributed by atoms with Crippen molar-refractivity contribution in [2.24, 2.45) is 0 Å². The molecule has 3 aromatic heterocycles. The lowest BCUT2D eigenvalue weighted by atomic mass is 10.3. The molecule has 0 unspecified atom stereocenters. The third-order valence-electron chi connectivity index (χ3n) is 5.71. The Morgan fingerprint density at radius 2 is 1.75 bits per heavy atom. The number of morpholine rings is 1. The second kappa shape index (κ2) is 8.94. The lowest BCUT2D eigenvalue weighted by Crippen LogP contribution is -2.47. The molecule has 2 aliphatic rings. The molecule has 5 rings (SSSR count). The SMILES string of the molecule is CS(=O)(=O)N1CCN(Cc2cc3nc(-c4cncnc4)nc(N4CCOCC4)c3s2)CC1. The maximum absolute atomic E-state index is 11.8. The molecule has 3 aromatic rings. The molecular formula is C20H25N7O3S2. The summed E-state index contributed by atoms with van der Waals surface area (Å²) in [5.74, 6) is 1.54. The topological polar surface area (TPSA) is 105 Å². The van der Waals surface area contributed by atoms with Gasteiger partial charge in [-0.1, -0.05) is 0 Å². The predicted molar refractivity (Wildman–Crippen MR) is 123 cm³/mol. The fourth-order valence-corrected chi connectivity index (χ4v) is 6.00. The lowest BCUT2D eigenvalue weighted by molar-refractivity contribution is 0.122. The first-order valence-electron chi connectivity index (χ1n) is 10.5. The smallest absolute Gasteiger partial charge is 0.211 e. The van der Waals surface area contributed by atoms with Gasteiger partial charge < -0.3 is 9.64 Å². The minimum Gasteiger partial charge on any atom is -0.378 e. The molecule has 0 atom stereocenters. The van der Waals surface area contributed by atoms with Crippen molar-refractivity contribution < 1.29 is 13.2 Å². The minimum atomic E-state index is -3.13. The van der Waals surface area contributed by atoms with Crippen molar-refractivity contribution in [2.45, 2.75) is 6.54 Å². The van der Waals surface area contributed by atoms with Gasteiger partial charge >= 0.3 is 0 Å². The Hall–Kier alpha value is -2.25. The van der Waals surface area contributed by atoms with E-state index in [1.165, 1.54) is 17.5 Å². The summed E-state index contributed by atoms with van der Waals surface area (Å²) < 4.78 is 31.7. The standard InChI is InChI=1S/C20H25N7O3S2/c1-32(28,29)27-4-2-25(3-5-27)13-16-10-17-18(31-16)20(26-6-8-30-9-7-26)24-19(23-17)15-11-21-14-22-12-15/h10-12,14H,2-9,13H2,1H3. The Labute approximate surface area is 190 Å². The lowest BCUT2D eigenvalue weighted by Gasteiger charge is -2.32. The Morgan fingerprint density at radius 1 is 1.03 bits per heavy atom. The number of sulfonamides is 1. The normalized spacial score (nSPS) is 19.0. The van der Waals surface area contributed by atoms with E-state index in [9.17, 15) is 8.42 Å². The van der Waals surface area contributed by atoms with Crippen LogP contribution in [0.2, 0.25) is 0 Å². The zero-order valence-corrected chi connectivity index (χ0v) is 19.5. The van der Waals surface area contributed by atoms with Crippen LogP contribution in [-0.4, -0.2) is 96.3 Å². The fraction of sp³-hybridized carbons (Fsp3) is 0.500. The highest BCUT2D eigenvalue weighted by Gasteiger charge is 2.25. The molecule has 0 aromatic carbocycles. The van der Waals surface area contributed by atoms with Crippen molar-refractivity contribution in [1.82, 2.24) is 29.1 Å². The summed E-state index contributed by atoms with van der Waals surface area (Å²) in [5.41, 5.74) is 1.70. The Balaban J connectivity index is 1.44. The number of rotatable bonds is 5. The van der Waals surface area contributed by atoms with Gasteiger partial charge in [0, 0.05) is 63.1 Å². The van der Waals surface area contributed by atoms with Crippen LogP contribution in [0.4, 0.5) is 5.82 Å². The van der Waals surface area contributed by atoms with Crippen molar-refractivity contribution in [3.63, 3.8) is 0 Å². The summed E-state index contributed by atoms with van der Waals surface area (Å²) in [6.45, 7) is 6.20. The van der Waals surface area contributed by atoms with E-state index in [2.05, 4.69) is 25.8 Å². The van der Waals surface area contributed by atoms with Crippen LogP contribution in [0.15, 0.2) is 24.8 Å². The maximum atomic E-state index is 11.8. The Kier molecular flexibility index (Phi) is 6.03. The molecule has 5 heterocycles. The zero-order chi connectivity index (χ0) is 22.1. The van der Waals surface area contributed by atoms with Gasteiger partial charge in [-0.15, -0.1) is 11.3 Å². The third kappa shape index (κ3) is 4.59. The highest BCUT2D eigenvalue weighted by molar-refractivity contribution is 7.88. The van der Waals surface area contributed by atoms with E-state index in [-0.39, 0.29) is 0 Å². The van der Waals surface area contributed by atoms with E-state index in [0.717, 1.165) is 54.3 Å². The monoisotopic (exact) mass is 475 g/mol. The highest BCUT2D eigenvalue weighted by Crippen LogP contribution is 2.35. The quantitative estimate of drug-likeness (QED) is 0.536. The molecule has 2 aliphatic heterocycles. The van der Waals surface area contributed by atoms with Gasteiger partial charge in [0.15, 0.2) is 11.6 Å². The number of anilines is 1. The van der Waals surface area contributed by atoms with Crippen LogP contribution >= 0.6 is 11.3 Å². The van der Waals surface area contributed by atoms with E-state index < -0.39 is 10.0 Å². The van der Waals surface area contributed by atoms with Gasteiger partial charge in [0.25, 0.3) is 0 Å². The number of nitrogens with zero attached hydrogens (tertiary/aromatic N) is 7. The number of hydrogen-bond donors (Lipinski definition) is 0. The van der Waals surface area contributed by atoms with Crippen LogP contribution in [0.3, 0.4) is 0 Å². The number of ether oxygens (including phenoxy) is 1. The van der Waals surface area contributed by atoms with Crippen LogP contribution in [-0.2, 0) is 21.3 Å². The molecule has 10 nitrogen and oxygen atoms in total. The molecule has 0 radical (unpaired) electrons. The van der Waals surface area contributed by atoms with Gasteiger partial charge in [-0.3, -0.25) is 4.90 Å². The summed E-state index contributed by atoms with van der Waals surface area (Å²) in [7, 11) is -3.13. The van der Waals surface area contributed by atoms with Crippen molar-refractivity contribution >= 4 is 37.4 Å². The Bertz CT molecular complexity index is 1190. The van der Waals surface area contributed by atoms with Crippen molar-refractivity contribution in [3.8, 4) is 11.4 Å². The zero-order valence-electron chi connectivity index (χ0n) is 17.8. The molecular weight excluding hydrogens is 450 g/mol. The van der Waals surface area contributed by atoms with E-state index in [4.69, 9.17) is 14.7 Å². The van der Waals surface area contributed by atoms with Crippen LogP contribution < -0.4 is 4.90 Å². The van der Waals surface area contributed by atoms with Crippen LogP contribution in [0.1, 0.15) is 4.88 Å². The van der Waals surface area contributed by atoms with E-state index in [1.54, 1.807) is 28.0 Å². The summed E-state index contributed by atoms with van der Waals surface area (Å²) in [6, 6.07) is 2.13. The molecule has 0 bridgehead atoms. The number of thiophene rings is 1. The van der Waals surface area contributed by atoms with Crippen LogP contribution in [0.25, 0.3) is 21.6 Å². The molecule has 12 heteroatoms. The van der Waals surface area contributed by atoms with E-state index >= 15 is 0 Å². The summed E-state index contributed by atoms with van der Waals surface area (Å²) in [6.07, 6.45) is 6.23. The Morgan fingerprint density at radius 3 is 2.44 bits per heavy atom. The minimum absolute atomic E-state index is 0.528. The van der Waals surface area contributed by atoms with Gasteiger partial charge in [-0.2, -0.15) is 4.31 Å². The highest BCUT2D eigenvalue weighted by atomic mass is 32.2. The largest absolute Gasteiger partial charge is 0.378 e. The molecule has 0 N–H and O–H groups in total. The average molecular weight is 476 g/mol. The first-order chi connectivity index (χ1) is 15.5. The molecule has 2 fully saturated rings. The van der Waals surface area contributed by atoms with Gasteiger partial charge in [0.1, 0.15) is 6.33 Å². The maximum Gasteiger partial charge on any atom is 0.211 e. The van der Waals surface area contributed by atoms with Crippen molar-refractivity contribution in [2.75, 3.05) is 63.6 Å². The molecule has 170 valence electrons. The summed E-state index contributed by atoms with van der Waals surface area (Å²) >= 11 is 1.71. The number of hydrogen-bond acceptors (Lipinski definition) is 10. The van der Waals surface area contributed by atoms with E-state index in [0.29, 0.717) is 32.1 Å². The fourth-order valence-electron chi connectivity index (χ4n) is 4.02. The molecule has 32 heavy (non-hydrogen) atoms. The summed E-state index contributed by atoms with van der Waals surface area (Å²) in [5, 5.41) is 0. The van der Waals surface area contributed by atoms with Gasteiger partial charge in [-0.05, 0) is 6.07 Å². The van der Waals surface area contributed by atoms with E-state index in [1.807, 2.05) is 0 Å². The van der Waals surface area contributed by atoms with Crippen molar-refractivity contribution in [1.29, 1.82) is 0 Å². The average Bonchev–Trinajstić information content (AvgIpc) is 3.21. The number of aromatic nitrogens is 4. The molecule has 0 saturated carbocycles.